The first-order valence-corrected chi connectivity index (χ1v) is 9.57. The van der Waals surface area contributed by atoms with Gasteiger partial charge in [0.1, 0.15) is 4.60 Å². The summed E-state index contributed by atoms with van der Waals surface area (Å²) in [6.07, 6.45) is 1.83. The molecule has 1 heterocycles. The van der Waals surface area contributed by atoms with Gasteiger partial charge in [-0.1, -0.05) is 20.8 Å². The minimum absolute atomic E-state index is 0.209. The topological polar surface area (TPSA) is 37.9 Å². The van der Waals surface area contributed by atoms with Gasteiger partial charge in [-0.15, -0.1) is 0 Å². The lowest BCUT2D eigenvalue weighted by Crippen LogP contribution is -2.46. The minimum Gasteiger partial charge on any atom is -0.408 e. The highest BCUT2D eigenvalue weighted by Crippen LogP contribution is 2.42. The van der Waals surface area contributed by atoms with Crippen molar-refractivity contribution in [1.29, 1.82) is 0 Å². The van der Waals surface area contributed by atoms with Crippen molar-refractivity contribution in [3.8, 4) is 0 Å². The van der Waals surface area contributed by atoms with E-state index < -0.39 is 8.32 Å². The van der Waals surface area contributed by atoms with Crippen molar-refractivity contribution in [1.82, 2.24) is 10.2 Å². The van der Waals surface area contributed by atoms with Crippen LogP contribution in [0.15, 0.2) is 10.8 Å². The molecule has 0 amide bonds. The Labute approximate surface area is 114 Å². The fourth-order valence-corrected chi connectivity index (χ4v) is 3.91. The molecule has 0 unspecified atom stereocenters. The molecule has 5 heteroatoms. The zero-order valence-electron chi connectivity index (χ0n) is 11.8. The first-order valence-electron chi connectivity index (χ1n) is 5.87. The fourth-order valence-electron chi connectivity index (χ4n) is 1.54. The van der Waals surface area contributed by atoms with E-state index in [1.807, 2.05) is 6.20 Å². The van der Waals surface area contributed by atoms with Crippen LogP contribution in [0.5, 0.6) is 0 Å². The maximum absolute atomic E-state index is 6.46. The van der Waals surface area contributed by atoms with E-state index in [0.29, 0.717) is 0 Å². The van der Waals surface area contributed by atoms with Crippen molar-refractivity contribution in [2.24, 2.45) is 0 Å². The molecule has 1 rings (SSSR count). The number of hydrogen-bond donors (Lipinski definition) is 1. The number of hydrogen-bond acceptors (Lipinski definition) is 2. The first kappa shape index (κ1) is 14.9. The number of aromatic nitrogens is 2. The van der Waals surface area contributed by atoms with Gasteiger partial charge in [0.05, 0.1) is 11.8 Å². The molecule has 0 fully saturated rings. The summed E-state index contributed by atoms with van der Waals surface area (Å²) in [5, 5.41) is 7.15. The highest BCUT2D eigenvalue weighted by atomic mass is 79.9. The quantitative estimate of drug-likeness (QED) is 0.837. The zero-order chi connectivity index (χ0) is 13.5. The van der Waals surface area contributed by atoms with Crippen LogP contribution in [-0.4, -0.2) is 18.5 Å². The number of nitrogens with one attached hydrogen (secondary N) is 1. The lowest BCUT2D eigenvalue weighted by Gasteiger charge is -2.42. The van der Waals surface area contributed by atoms with Gasteiger partial charge in [-0.25, -0.2) is 0 Å². The second kappa shape index (κ2) is 4.52. The lowest BCUT2D eigenvalue weighted by atomic mass is 10.0. The largest absolute Gasteiger partial charge is 0.408 e. The molecule has 0 spiro atoms. The molecule has 98 valence electrons. The molecule has 0 aromatic carbocycles. The van der Waals surface area contributed by atoms with E-state index in [4.69, 9.17) is 4.43 Å². The van der Waals surface area contributed by atoms with Crippen molar-refractivity contribution in [3.63, 3.8) is 0 Å². The van der Waals surface area contributed by atoms with Gasteiger partial charge in [-0.3, -0.25) is 5.10 Å². The molecule has 0 aliphatic carbocycles. The van der Waals surface area contributed by atoms with Crippen LogP contribution < -0.4 is 0 Å². The van der Waals surface area contributed by atoms with Crippen LogP contribution in [0.1, 0.15) is 40.2 Å². The van der Waals surface area contributed by atoms with E-state index in [0.717, 1.165) is 10.2 Å². The van der Waals surface area contributed by atoms with Crippen LogP contribution in [0.3, 0.4) is 0 Å². The van der Waals surface area contributed by atoms with E-state index in [1.165, 1.54) is 0 Å². The molecule has 1 aromatic rings. The summed E-state index contributed by atoms with van der Waals surface area (Å²) >= 11 is 3.48. The van der Waals surface area contributed by atoms with Crippen LogP contribution in [0.2, 0.25) is 18.1 Å². The number of rotatable bonds is 3. The van der Waals surface area contributed by atoms with Crippen LogP contribution in [0.25, 0.3) is 0 Å². The Bertz CT molecular complexity index is 393. The summed E-state index contributed by atoms with van der Waals surface area (Å²) in [6.45, 7) is 15.5. The predicted octanol–water partition coefficient (Wildman–Crippen LogP) is 4.43. The Balaban J connectivity index is 2.99. The van der Waals surface area contributed by atoms with Gasteiger partial charge < -0.3 is 4.43 Å². The molecule has 1 N–H and O–H groups in total. The first-order chi connectivity index (χ1) is 7.47. The van der Waals surface area contributed by atoms with Gasteiger partial charge in [0.15, 0.2) is 8.32 Å². The summed E-state index contributed by atoms with van der Waals surface area (Å²) in [6, 6.07) is 0. The lowest BCUT2D eigenvalue weighted by molar-refractivity contribution is 0.0895. The zero-order valence-corrected chi connectivity index (χ0v) is 14.4. The third kappa shape index (κ3) is 3.20. The van der Waals surface area contributed by atoms with Crippen molar-refractivity contribution in [2.75, 3.05) is 0 Å². The van der Waals surface area contributed by atoms with Crippen LogP contribution in [0.4, 0.5) is 0 Å². The monoisotopic (exact) mass is 318 g/mol. The molecule has 0 saturated heterocycles. The molecule has 17 heavy (non-hydrogen) atoms. The van der Waals surface area contributed by atoms with E-state index in [2.05, 4.69) is 73.8 Å². The average molecular weight is 319 g/mol. The summed E-state index contributed by atoms with van der Waals surface area (Å²) in [5.74, 6) is 0. The molecular weight excluding hydrogens is 296 g/mol. The minimum atomic E-state index is -1.78. The summed E-state index contributed by atoms with van der Waals surface area (Å²) in [7, 11) is -1.78. The third-order valence-electron chi connectivity index (χ3n) is 3.56. The third-order valence-corrected chi connectivity index (χ3v) is 8.80. The summed E-state index contributed by atoms with van der Waals surface area (Å²) in [5.41, 5.74) is 0.747. The Morgan fingerprint density at radius 3 is 2.12 bits per heavy atom. The number of nitrogens with zero attached hydrogens (tertiary/aromatic N) is 1. The molecule has 0 bridgehead atoms. The highest BCUT2D eigenvalue weighted by Gasteiger charge is 2.42. The van der Waals surface area contributed by atoms with E-state index in [1.54, 1.807) is 0 Å². The normalized spacial score (nSPS) is 14.1. The second-order valence-corrected chi connectivity index (χ2v) is 12.0. The Kier molecular flexibility index (Phi) is 3.97. The molecule has 0 saturated carbocycles. The molecular formula is C12H23BrN2OSi. The van der Waals surface area contributed by atoms with Crippen LogP contribution in [-0.2, 0) is 10.0 Å². The fraction of sp³-hybridized carbons (Fsp3) is 0.750. The smallest absolute Gasteiger partial charge is 0.193 e. The van der Waals surface area contributed by atoms with Crippen molar-refractivity contribution < 1.29 is 4.43 Å². The maximum Gasteiger partial charge on any atom is 0.193 e. The Morgan fingerprint density at radius 1 is 1.24 bits per heavy atom. The molecule has 0 radical (unpaired) electrons. The molecule has 1 aromatic heterocycles. The van der Waals surface area contributed by atoms with Gasteiger partial charge in [0.25, 0.3) is 0 Å². The van der Waals surface area contributed by atoms with Crippen LogP contribution in [0, 0.1) is 0 Å². The van der Waals surface area contributed by atoms with Crippen molar-refractivity contribution >= 4 is 24.2 Å². The van der Waals surface area contributed by atoms with E-state index in [9.17, 15) is 0 Å². The molecule has 0 aliphatic heterocycles. The summed E-state index contributed by atoms with van der Waals surface area (Å²) in [4.78, 5) is 0. The average Bonchev–Trinajstić information content (AvgIpc) is 2.47. The molecule has 0 atom stereocenters. The van der Waals surface area contributed by atoms with Gasteiger partial charge in [0.2, 0.25) is 0 Å². The number of aromatic amines is 1. The van der Waals surface area contributed by atoms with Gasteiger partial charge in [0, 0.05) is 5.56 Å². The van der Waals surface area contributed by atoms with Crippen molar-refractivity contribution in [2.45, 2.75) is 58.4 Å². The predicted molar refractivity (Wildman–Crippen MR) is 77.6 cm³/mol. The second-order valence-electron chi connectivity index (χ2n) is 6.47. The number of halogens is 1. The molecule has 0 aliphatic rings. The maximum atomic E-state index is 6.46. The van der Waals surface area contributed by atoms with E-state index >= 15 is 0 Å². The van der Waals surface area contributed by atoms with Gasteiger partial charge >= 0.3 is 0 Å². The SMILES string of the molecule is CC(C)(O[Si](C)(C)C(C)(C)C)c1cn[nH]c1Br. The van der Waals surface area contributed by atoms with E-state index in [-0.39, 0.29) is 10.6 Å². The summed E-state index contributed by atoms with van der Waals surface area (Å²) < 4.78 is 7.37. The van der Waals surface area contributed by atoms with Crippen LogP contribution >= 0.6 is 15.9 Å². The van der Waals surface area contributed by atoms with Gasteiger partial charge in [-0.2, -0.15) is 5.10 Å². The van der Waals surface area contributed by atoms with Gasteiger partial charge in [-0.05, 0) is 47.9 Å². The number of H-pyrrole nitrogens is 1. The molecule has 3 nitrogen and oxygen atoms in total. The van der Waals surface area contributed by atoms with Crippen molar-refractivity contribution in [3.05, 3.63) is 16.4 Å². The highest BCUT2D eigenvalue weighted by molar-refractivity contribution is 9.10. The Hall–Kier alpha value is -0.133. The Morgan fingerprint density at radius 2 is 1.76 bits per heavy atom. The standard InChI is InChI=1S/C12H23BrN2OSi/c1-11(2,3)17(6,7)16-12(4,5)9-8-14-15-10(9)13/h8H,1-7H3,(H,14,15).